The number of nitrogens with zero attached hydrogens (tertiary/aromatic N) is 3. The SMILES string of the molecule is CC(C)(C)C(=O)Nc1ccc(N=NN(Cc2ccccc2)Cc2ccccc2)cc1. The topological polar surface area (TPSA) is 57.1 Å². The molecule has 0 saturated heterocycles. The summed E-state index contributed by atoms with van der Waals surface area (Å²) in [5.41, 5.74) is 3.39. The summed E-state index contributed by atoms with van der Waals surface area (Å²) in [6, 6.07) is 27.8. The van der Waals surface area contributed by atoms with E-state index in [1.54, 1.807) is 0 Å². The minimum absolute atomic E-state index is 0.0197. The van der Waals surface area contributed by atoms with Gasteiger partial charge in [-0.05, 0) is 35.4 Å². The molecule has 0 aromatic heterocycles. The average Bonchev–Trinajstić information content (AvgIpc) is 2.74. The molecule has 0 heterocycles. The number of hydrogen-bond acceptors (Lipinski definition) is 3. The third-order valence-electron chi connectivity index (χ3n) is 4.51. The van der Waals surface area contributed by atoms with E-state index >= 15 is 0 Å². The smallest absolute Gasteiger partial charge is 0.229 e. The van der Waals surface area contributed by atoms with E-state index in [4.69, 9.17) is 0 Å². The van der Waals surface area contributed by atoms with Crippen LogP contribution in [0.25, 0.3) is 0 Å². The number of hydrogen-bond donors (Lipinski definition) is 1. The number of carbonyl (C=O) groups is 1. The summed E-state index contributed by atoms with van der Waals surface area (Å²) >= 11 is 0. The second-order valence-electron chi connectivity index (χ2n) is 8.23. The van der Waals surface area contributed by atoms with E-state index in [-0.39, 0.29) is 5.91 Å². The zero-order valence-corrected chi connectivity index (χ0v) is 17.7. The molecular weight excluding hydrogens is 372 g/mol. The van der Waals surface area contributed by atoms with E-state index < -0.39 is 5.41 Å². The van der Waals surface area contributed by atoms with Crippen LogP contribution < -0.4 is 5.32 Å². The maximum Gasteiger partial charge on any atom is 0.229 e. The number of nitrogens with one attached hydrogen (secondary N) is 1. The summed E-state index contributed by atoms with van der Waals surface area (Å²) in [6.45, 7) is 6.99. The molecule has 0 bridgehead atoms. The molecule has 5 heteroatoms. The standard InChI is InChI=1S/C25H28N4O/c1-25(2,3)24(30)26-22-14-16-23(17-15-22)27-28-29(18-20-10-6-4-7-11-20)19-21-12-8-5-9-13-21/h4-17H,18-19H2,1-3H3,(H,26,30). The normalized spacial score (nSPS) is 11.4. The van der Waals surface area contributed by atoms with Gasteiger partial charge in [0.2, 0.25) is 5.91 Å². The van der Waals surface area contributed by atoms with Crippen LogP contribution in [0.5, 0.6) is 0 Å². The van der Waals surface area contributed by atoms with Crippen LogP contribution in [0.4, 0.5) is 11.4 Å². The predicted octanol–water partition coefficient (Wildman–Crippen LogP) is 6.37. The van der Waals surface area contributed by atoms with Crippen molar-refractivity contribution in [2.75, 3.05) is 5.32 Å². The van der Waals surface area contributed by atoms with Crippen molar-refractivity contribution in [1.82, 2.24) is 5.01 Å². The van der Waals surface area contributed by atoms with E-state index in [9.17, 15) is 4.79 Å². The van der Waals surface area contributed by atoms with Crippen molar-refractivity contribution < 1.29 is 4.79 Å². The second-order valence-corrected chi connectivity index (χ2v) is 8.23. The fraction of sp³-hybridized carbons (Fsp3) is 0.240. The highest BCUT2D eigenvalue weighted by atomic mass is 16.2. The Labute approximate surface area is 178 Å². The number of anilines is 1. The molecule has 3 rings (SSSR count). The van der Waals surface area contributed by atoms with Crippen molar-refractivity contribution >= 4 is 17.3 Å². The van der Waals surface area contributed by atoms with Gasteiger partial charge < -0.3 is 5.32 Å². The Morgan fingerprint density at radius 1 is 0.800 bits per heavy atom. The zero-order chi connectivity index (χ0) is 21.4. The lowest BCUT2D eigenvalue weighted by Crippen LogP contribution is -2.27. The van der Waals surface area contributed by atoms with Crippen LogP contribution in [-0.4, -0.2) is 10.9 Å². The first-order valence-electron chi connectivity index (χ1n) is 10.1. The van der Waals surface area contributed by atoms with Gasteiger partial charge in [0.05, 0.1) is 18.8 Å². The molecule has 0 spiro atoms. The van der Waals surface area contributed by atoms with Gasteiger partial charge in [-0.2, -0.15) is 0 Å². The quantitative estimate of drug-likeness (QED) is 0.370. The maximum atomic E-state index is 12.1. The first-order valence-corrected chi connectivity index (χ1v) is 10.1. The van der Waals surface area contributed by atoms with Crippen LogP contribution in [0, 0.1) is 5.41 Å². The van der Waals surface area contributed by atoms with Gasteiger partial charge in [-0.25, -0.2) is 0 Å². The van der Waals surface area contributed by atoms with E-state index in [1.807, 2.05) is 86.4 Å². The van der Waals surface area contributed by atoms with Gasteiger partial charge >= 0.3 is 0 Å². The Morgan fingerprint density at radius 2 is 1.30 bits per heavy atom. The Morgan fingerprint density at radius 3 is 1.77 bits per heavy atom. The van der Waals surface area contributed by atoms with Crippen LogP contribution in [0.3, 0.4) is 0 Å². The number of carbonyl (C=O) groups excluding carboxylic acids is 1. The Hall–Kier alpha value is -3.47. The van der Waals surface area contributed by atoms with Gasteiger partial charge in [0.25, 0.3) is 0 Å². The molecule has 3 aromatic rings. The van der Waals surface area contributed by atoms with E-state index in [0.29, 0.717) is 13.1 Å². The van der Waals surface area contributed by atoms with Crippen LogP contribution in [-0.2, 0) is 17.9 Å². The van der Waals surface area contributed by atoms with Gasteiger partial charge in [-0.3, -0.25) is 9.80 Å². The number of rotatable bonds is 7. The molecule has 0 radical (unpaired) electrons. The highest BCUT2D eigenvalue weighted by molar-refractivity contribution is 5.94. The fourth-order valence-corrected chi connectivity index (χ4v) is 2.75. The van der Waals surface area contributed by atoms with Crippen molar-refractivity contribution in [3.05, 3.63) is 96.1 Å². The van der Waals surface area contributed by atoms with Crippen LogP contribution >= 0.6 is 0 Å². The van der Waals surface area contributed by atoms with Crippen molar-refractivity contribution in [3.8, 4) is 0 Å². The first-order chi connectivity index (χ1) is 14.4. The molecule has 1 N–H and O–H groups in total. The van der Waals surface area contributed by atoms with Crippen molar-refractivity contribution in [3.63, 3.8) is 0 Å². The summed E-state index contributed by atoms with van der Waals surface area (Å²) < 4.78 is 0. The number of amides is 1. The van der Waals surface area contributed by atoms with Gasteiger partial charge in [0, 0.05) is 11.1 Å². The third-order valence-corrected chi connectivity index (χ3v) is 4.51. The molecule has 0 aliphatic heterocycles. The van der Waals surface area contributed by atoms with Gasteiger partial charge in [0.15, 0.2) is 0 Å². The average molecular weight is 401 g/mol. The van der Waals surface area contributed by atoms with Crippen LogP contribution in [0.2, 0.25) is 0 Å². The van der Waals surface area contributed by atoms with Crippen molar-refractivity contribution in [2.45, 2.75) is 33.9 Å². The Balaban J connectivity index is 1.70. The summed E-state index contributed by atoms with van der Waals surface area (Å²) in [5, 5.41) is 13.8. The zero-order valence-electron chi connectivity index (χ0n) is 17.7. The minimum atomic E-state index is -0.437. The molecule has 0 aliphatic carbocycles. The van der Waals surface area contributed by atoms with Crippen LogP contribution in [0.1, 0.15) is 31.9 Å². The van der Waals surface area contributed by atoms with Crippen molar-refractivity contribution in [1.29, 1.82) is 0 Å². The summed E-state index contributed by atoms with van der Waals surface area (Å²) in [7, 11) is 0. The molecule has 0 aliphatic rings. The summed E-state index contributed by atoms with van der Waals surface area (Å²) in [6.07, 6.45) is 0. The fourth-order valence-electron chi connectivity index (χ4n) is 2.75. The molecule has 3 aromatic carbocycles. The summed E-state index contributed by atoms with van der Waals surface area (Å²) in [4.78, 5) is 12.1. The molecule has 0 fully saturated rings. The molecule has 5 nitrogen and oxygen atoms in total. The van der Waals surface area contributed by atoms with Crippen LogP contribution in [0.15, 0.2) is 95.3 Å². The lowest BCUT2D eigenvalue weighted by Gasteiger charge is -2.18. The van der Waals surface area contributed by atoms with Gasteiger partial charge in [-0.15, -0.1) is 5.11 Å². The molecular formula is C25H28N4O. The lowest BCUT2D eigenvalue weighted by molar-refractivity contribution is -0.123. The van der Waals surface area contributed by atoms with E-state index in [2.05, 4.69) is 39.9 Å². The second kappa shape index (κ2) is 9.83. The molecule has 0 saturated carbocycles. The van der Waals surface area contributed by atoms with Gasteiger partial charge in [-0.1, -0.05) is 86.7 Å². The molecule has 154 valence electrons. The molecule has 1 amide bonds. The third kappa shape index (κ3) is 6.55. The maximum absolute atomic E-state index is 12.1. The number of benzene rings is 3. The Kier molecular flexibility index (Phi) is 6.96. The highest BCUT2D eigenvalue weighted by Crippen LogP contribution is 2.21. The monoisotopic (exact) mass is 400 g/mol. The highest BCUT2D eigenvalue weighted by Gasteiger charge is 2.20. The molecule has 0 atom stereocenters. The lowest BCUT2D eigenvalue weighted by atomic mass is 9.95. The minimum Gasteiger partial charge on any atom is -0.326 e. The van der Waals surface area contributed by atoms with Crippen molar-refractivity contribution in [2.24, 2.45) is 15.8 Å². The van der Waals surface area contributed by atoms with E-state index in [1.165, 1.54) is 11.1 Å². The first kappa shape index (κ1) is 21.2. The summed E-state index contributed by atoms with van der Waals surface area (Å²) in [5.74, 6) is -0.0197. The molecule has 30 heavy (non-hydrogen) atoms. The Bertz CT molecular complexity index is 920. The largest absolute Gasteiger partial charge is 0.326 e. The predicted molar refractivity (Wildman–Crippen MR) is 121 cm³/mol. The molecule has 0 unspecified atom stereocenters. The van der Waals surface area contributed by atoms with E-state index in [0.717, 1.165) is 11.4 Å². The van der Waals surface area contributed by atoms with Gasteiger partial charge in [0.1, 0.15) is 0 Å².